The highest BCUT2D eigenvalue weighted by molar-refractivity contribution is 5.69. The summed E-state index contributed by atoms with van der Waals surface area (Å²) in [6.07, 6.45) is 3.26. The molecule has 33 heavy (non-hydrogen) atoms. The van der Waals surface area contributed by atoms with Crippen LogP contribution in [-0.4, -0.2) is 98.4 Å². The second-order valence-electron chi connectivity index (χ2n) is 7.82. The van der Waals surface area contributed by atoms with Crippen LogP contribution in [0.2, 0.25) is 0 Å². The number of aromatic nitrogens is 2. The van der Waals surface area contributed by atoms with Crippen LogP contribution >= 0.6 is 0 Å². The van der Waals surface area contributed by atoms with Crippen LogP contribution in [0.3, 0.4) is 0 Å². The summed E-state index contributed by atoms with van der Waals surface area (Å²) < 4.78 is 0.0807. The van der Waals surface area contributed by atoms with E-state index in [2.05, 4.69) is 15.3 Å². The minimum absolute atomic E-state index is 0.0807. The lowest BCUT2D eigenvalue weighted by Crippen LogP contribution is -2.56. The van der Waals surface area contributed by atoms with Crippen LogP contribution in [-0.2, 0) is 27.5 Å². The fourth-order valence-electron chi connectivity index (χ4n) is 3.60. The maximum atomic E-state index is 11.8. The maximum Gasteiger partial charge on any atom is 0.359 e. The lowest BCUT2D eigenvalue weighted by molar-refractivity contribution is -0.933. The summed E-state index contributed by atoms with van der Waals surface area (Å²) in [4.78, 5) is 44.4. The largest absolute Gasteiger partial charge is 0.480 e. The second-order valence-corrected chi connectivity index (χ2v) is 7.82. The predicted molar refractivity (Wildman–Crippen MR) is 118 cm³/mol. The first-order valence-corrected chi connectivity index (χ1v) is 10.5. The molecule has 0 saturated carbocycles. The standard InChI is InChI=1S/C22H29N5O6/c28-20(29)13-23-9-11-27(17-22(32)33,16-19-6-2-4-8-25-19)12-10-26(15-21(30)31)14-18-5-1-3-7-24-18/h1-8,23H,9-17H2,(H2-,28,29,30,31,32,33)/p+1. The fourth-order valence-corrected chi connectivity index (χ4v) is 3.60. The van der Waals surface area contributed by atoms with Gasteiger partial charge in [0.1, 0.15) is 6.54 Å². The van der Waals surface area contributed by atoms with Gasteiger partial charge in [-0.1, -0.05) is 12.1 Å². The molecule has 11 heteroatoms. The normalized spacial score (nSPS) is 12.9. The van der Waals surface area contributed by atoms with Gasteiger partial charge >= 0.3 is 17.9 Å². The predicted octanol–water partition coefficient (Wildman–Crippen LogP) is 0.139. The Balaban J connectivity index is 2.22. The Morgan fingerprint density at radius 3 is 2.09 bits per heavy atom. The molecule has 4 N–H and O–H groups in total. The Bertz CT molecular complexity index is 899. The summed E-state index contributed by atoms with van der Waals surface area (Å²) >= 11 is 0. The molecule has 0 aliphatic carbocycles. The van der Waals surface area contributed by atoms with Crippen molar-refractivity contribution < 1.29 is 34.2 Å². The first kappa shape index (κ1) is 25.8. The van der Waals surface area contributed by atoms with Crippen molar-refractivity contribution in [1.29, 1.82) is 0 Å². The minimum Gasteiger partial charge on any atom is -0.480 e. The molecule has 0 bridgehead atoms. The zero-order valence-corrected chi connectivity index (χ0v) is 18.3. The molecule has 0 aliphatic heterocycles. The molecular weight excluding hydrogens is 430 g/mol. The van der Waals surface area contributed by atoms with E-state index in [1.54, 1.807) is 35.5 Å². The second kappa shape index (κ2) is 13.2. The molecule has 2 heterocycles. The molecule has 0 aromatic carbocycles. The number of hydrogen-bond donors (Lipinski definition) is 4. The molecule has 0 saturated heterocycles. The van der Waals surface area contributed by atoms with Crippen LogP contribution in [0.1, 0.15) is 11.4 Å². The Hall–Kier alpha value is -3.41. The number of nitrogens with zero attached hydrogens (tertiary/aromatic N) is 4. The van der Waals surface area contributed by atoms with Crippen LogP contribution in [0.25, 0.3) is 0 Å². The Kier molecular flexibility index (Phi) is 10.3. The van der Waals surface area contributed by atoms with Gasteiger partial charge in [-0.15, -0.1) is 0 Å². The SMILES string of the molecule is O=C(O)CNCC[N+](CCN(CC(=O)O)Cc1ccccn1)(CC(=O)O)Cc1ccccn1. The molecule has 0 radical (unpaired) electrons. The number of nitrogens with one attached hydrogen (secondary N) is 1. The van der Waals surface area contributed by atoms with Gasteiger partial charge < -0.3 is 25.1 Å². The van der Waals surface area contributed by atoms with E-state index in [1.807, 2.05) is 18.2 Å². The Morgan fingerprint density at radius 1 is 0.879 bits per heavy atom. The highest BCUT2D eigenvalue weighted by atomic mass is 16.4. The number of rotatable bonds is 16. The van der Waals surface area contributed by atoms with E-state index in [-0.39, 0.29) is 30.7 Å². The number of pyridine rings is 2. The zero-order valence-electron chi connectivity index (χ0n) is 18.3. The van der Waals surface area contributed by atoms with Gasteiger partial charge in [-0.2, -0.15) is 0 Å². The van der Waals surface area contributed by atoms with Gasteiger partial charge in [0.05, 0.1) is 37.6 Å². The lowest BCUT2D eigenvalue weighted by Gasteiger charge is -2.38. The fraction of sp³-hybridized carbons (Fsp3) is 0.409. The highest BCUT2D eigenvalue weighted by Crippen LogP contribution is 2.15. The number of hydrogen-bond acceptors (Lipinski definition) is 7. The zero-order chi connectivity index (χ0) is 24.1. The number of carboxylic acid groups (broad SMARTS) is 3. The number of quaternary nitrogens is 1. The molecule has 0 aliphatic rings. The van der Waals surface area contributed by atoms with Gasteiger partial charge in [0.2, 0.25) is 0 Å². The summed E-state index contributed by atoms with van der Waals surface area (Å²) in [7, 11) is 0. The van der Waals surface area contributed by atoms with E-state index < -0.39 is 17.9 Å². The molecule has 178 valence electrons. The Morgan fingerprint density at radius 2 is 1.55 bits per heavy atom. The minimum atomic E-state index is -1.00. The van der Waals surface area contributed by atoms with E-state index >= 15 is 0 Å². The van der Waals surface area contributed by atoms with E-state index in [4.69, 9.17) is 5.11 Å². The Labute approximate surface area is 191 Å². The van der Waals surface area contributed by atoms with Gasteiger partial charge in [-0.05, 0) is 24.3 Å². The monoisotopic (exact) mass is 460 g/mol. The van der Waals surface area contributed by atoms with Crippen molar-refractivity contribution in [2.75, 3.05) is 45.8 Å². The van der Waals surface area contributed by atoms with Crippen molar-refractivity contribution in [3.05, 3.63) is 60.2 Å². The van der Waals surface area contributed by atoms with Crippen molar-refractivity contribution in [3.8, 4) is 0 Å². The number of carboxylic acids is 3. The van der Waals surface area contributed by atoms with Gasteiger partial charge in [0, 0.05) is 32.0 Å². The quantitative estimate of drug-likeness (QED) is 0.201. The van der Waals surface area contributed by atoms with E-state index in [0.29, 0.717) is 44.1 Å². The summed E-state index contributed by atoms with van der Waals surface area (Å²) in [5, 5.41) is 30.7. The smallest absolute Gasteiger partial charge is 0.359 e. The van der Waals surface area contributed by atoms with Crippen molar-refractivity contribution in [2.24, 2.45) is 0 Å². The number of aliphatic carboxylic acids is 3. The molecule has 0 fully saturated rings. The molecule has 1 atom stereocenters. The summed E-state index contributed by atoms with van der Waals surface area (Å²) in [5.41, 5.74) is 1.41. The molecule has 2 rings (SSSR count). The van der Waals surface area contributed by atoms with Crippen molar-refractivity contribution in [2.45, 2.75) is 13.1 Å². The third-order valence-corrected chi connectivity index (χ3v) is 5.09. The van der Waals surface area contributed by atoms with Crippen LogP contribution < -0.4 is 5.32 Å². The number of carbonyl (C=O) groups is 3. The van der Waals surface area contributed by atoms with Gasteiger partial charge in [-0.25, -0.2) is 4.79 Å². The van der Waals surface area contributed by atoms with Crippen LogP contribution in [0.5, 0.6) is 0 Å². The third-order valence-electron chi connectivity index (χ3n) is 5.09. The summed E-state index contributed by atoms with van der Waals surface area (Å²) in [6, 6.07) is 10.8. The average Bonchev–Trinajstić information content (AvgIpc) is 2.76. The van der Waals surface area contributed by atoms with Crippen LogP contribution in [0.4, 0.5) is 0 Å². The first-order chi connectivity index (χ1) is 15.8. The lowest BCUT2D eigenvalue weighted by atomic mass is 10.2. The molecule has 11 nitrogen and oxygen atoms in total. The molecule has 2 aromatic rings. The maximum absolute atomic E-state index is 11.8. The van der Waals surface area contributed by atoms with Crippen molar-refractivity contribution >= 4 is 17.9 Å². The third kappa shape index (κ3) is 10.2. The average molecular weight is 461 g/mol. The molecule has 1 unspecified atom stereocenters. The van der Waals surface area contributed by atoms with E-state index in [1.165, 1.54) is 0 Å². The highest BCUT2D eigenvalue weighted by Gasteiger charge is 2.32. The van der Waals surface area contributed by atoms with E-state index in [9.17, 15) is 24.6 Å². The molecule has 2 aromatic heterocycles. The van der Waals surface area contributed by atoms with Crippen LogP contribution in [0, 0.1) is 0 Å². The van der Waals surface area contributed by atoms with Crippen molar-refractivity contribution in [1.82, 2.24) is 20.2 Å². The first-order valence-electron chi connectivity index (χ1n) is 10.5. The summed E-state index contributed by atoms with van der Waals surface area (Å²) in [5.74, 6) is -2.99. The van der Waals surface area contributed by atoms with Crippen molar-refractivity contribution in [3.63, 3.8) is 0 Å². The van der Waals surface area contributed by atoms with Gasteiger partial charge in [-0.3, -0.25) is 24.5 Å². The van der Waals surface area contributed by atoms with Gasteiger partial charge in [0.25, 0.3) is 0 Å². The topological polar surface area (TPSA) is 153 Å². The molecule has 0 spiro atoms. The molecule has 0 amide bonds. The summed E-state index contributed by atoms with van der Waals surface area (Å²) in [6.45, 7) is 1.21. The van der Waals surface area contributed by atoms with E-state index in [0.717, 1.165) is 0 Å². The van der Waals surface area contributed by atoms with Gasteiger partial charge in [0.15, 0.2) is 6.54 Å². The molecular formula is C22H30N5O6+. The van der Waals surface area contributed by atoms with Crippen LogP contribution in [0.15, 0.2) is 48.8 Å².